The van der Waals surface area contributed by atoms with E-state index in [1.807, 2.05) is 0 Å². The lowest BCUT2D eigenvalue weighted by atomic mass is 9.93. The highest BCUT2D eigenvalue weighted by molar-refractivity contribution is 6.61. The molecule has 38 heavy (non-hydrogen) atoms. The third-order valence-corrected chi connectivity index (χ3v) is 7.25. The van der Waals surface area contributed by atoms with Crippen LogP contribution in [-0.2, 0) is 9.31 Å². The normalized spacial score (nSPS) is 23.2. The minimum Gasteiger partial charge on any atom is -0.550 e. The Kier molecular flexibility index (Phi) is 4.94. The summed E-state index contributed by atoms with van der Waals surface area (Å²) >= 11 is 0. The molecule has 0 fully saturated rings. The highest BCUT2D eigenvalue weighted by Crippen LogP contribution is 2.34. The fourth-order valence-corrected chi connectivity index (χ4v) is 5.66. The summed E-state index contributed by atoms with van der Waals surface area (Å²) in [5, 5.41) is 0. The number of unbranched alkanes of at least 4 members (excludes halogenated alkanes) is 1. The van der Waals surface area contributed by atoms with Gasteiger partial charge in [-0.05, 0) is 62.3 Å². The van der Waals surface area contributed by atoms with Crippen LogP contribution in [0.2, 0.25) is 0 Å². The fourth-order valence-electron chi connectivity index (χ4n) is 5.66. The van der Waals surface area contributed by atoms with E-state index in [4.69, 9.17) is 0 Å². The lowest BCUT2D eigenvalue weighted by Gasteiger charge is -2.26. The number of hydrogen-bond acceptors (Lipinski definition) is 2. The molecule has 0 amide bonds. The SMILES string of the molecule is Cc1cc(C)n2c1C=[N+]1[N+](=C(CCCCC3=[N+]4[N+](=Cc5cccn5[B-]4(F)F)[B-](F)(F)O3)O[B-]1(F)F)[B-]2(F)F. The van der Waals surface area contributed by atoms with Gasteiger partial charge in [0.2, 0.25) is 0 Å². The molecule has 0 radical (unpaired) electrons. The lowest BCUT2D eigenvalue weighted by Crippen LogP contribution is -2.59. The molecule has 2 aromatic heterocycles. The molecule has 0 unspecified atom stereocenters. The summed E-state index contributed by atoms with van der Waals surface area (Å²) in [5.74, 6) is -1.40. The number of nitrogens with zero attached hydrogens (tertiary/aromatic N) is 6. The number of halogens is 8. The third-order valence-electron chi connectivity index (χ3n) is 7.25. The maximum absolute atomic E-state index is 15.5. The number of aryl methyl sites for hydroxylation is 2. The molecule has 0 aromatic carbocycles. The molecule has 0 atom stereocenters. The highest BCUT2D eigenvalue weighted by Gasteiger charge is 2.71. The van der Waals surface area contributed by atoms with Crippen molar-refractivity contribution < 1.29 is 62.2 Å². The van der Waals surface area contributed by atoms with Crippen molar-refractivity contribution in [3.05, 3.63) is 47.0 Å². The molecule has 0 aliphatic carbocycles. The van der Waals surface area contributed by atoms with Crippen molar-refractivity contribution in [2.75, 3.05) is 0 Å². The number of aromatic nitrogens is 2. The predicted molar refractivity (Wildman–Crippen MR) is 123 cm³/mol. The van der Waals surface area contributed by atoms with Crippen LogP contribution in [0.25, 0.3) is 0 Å². The summed E-state index contributed by atoms with van der Waals surface area (Å²) in [5.41, 5.74) is 0.376. The zero-order valence-corrected chi connectivity index (χ0v) is 20.1. The molecule has 0 N–H and O–H groups in total. The Bertz CT molecular complexity index is 1530. The van der Waals surface area contributed by atoms with Crippen LogP contribution in [0.15, 0.2) is 24.4 Å². The molecule has 0 saturated heterocycles. The van der Waals surface area contributed by atoms with Gasteiger partial charge in [-0.2, -0.15) is 0 Å². The number of rotatable bonds is 5. The van der Waals surface area contributed by atoms with E-state index in [2.05, 4.69) is 9.31 Å². The van der Waals surface area contributed by atoms with Crippen molar-refractivity contribution >= 4 is 52.2 Å². The summed E-state index contributed by atoms with van der Waals surface area (Å²) < 4.78 is 130. The van der Waals surface area contributed by atoms with Crippen LogP contribution in [0.5, 0.6) is 0 Å². The molecular weight excluding hydrogens is 527 g/mol. The number of hydrogen-bond donors (Lipinski definition) is 0. The van der Waals surface area contributed by atoms with E-state index in [-0.39, 0.29) is 48.3 Å². The van der Waals surface area contributed by atoms with Crippen LogP contribution in [0.1, 0.15) is 48.3 Å². The van der Waals surface area contributed by atoms with Crippen molar-refractivity contribution in [2.24, 2.45) is 0 Å². The molecule has 0 saturated carbocycles. The largest absolute Gasteiger partial charge is 0.890 e. The Hall–Kier alpha value is -3.46. The second-order valence-corrected chi connectivity index (χ2v) is 9.80. The Balaban J connectivity index is 1.25. The molecule has 6 heterocycles. The van der Waals surface area contributed by atoms with Gasteiger partial charge in [0, 0.05) is 0 Å². The fraction of sp³-hybridized carbons (Fsp3) is 0.333. The first-order valence-corrected chi connectivity index (χ1v) is 12.0. The van der Waals surface area contributed by atoms with E-state index >= 15 is 17.3 Å². The minimum absolute atomic E-state index is 0.0655. The van der Waals surface area contributed by atoms with Gasteiger partial charge in [0.1, 0.15) is 0 Å². The van der Waals surface area contributed by atoms with Gasteiger partial charge >= 0.3 is 39.8 Å². The molecule has 8 nitrogen and oxygen atoms in total. The molecule has 20 heteroatoms. The van der Waals surface area contributed by atoms with Gasteiger partial charge in [-0.1, -0.05) is 0 Å². The van der Waals surface area contributed by atoms with Crippen LogP contribution in [0.3, 0.4) is 0 Å². The van der Waals surface area contributed by atoms with Crippen LogP contribution in [0, 0.1) is 13.8 Å². The zero-order valence-electron chi connectivity index (χ0n) is 20.1. The first-order chi connectivity index (χ1) is 17.7. The molecule has 0 bridgehead atoms. The van der Waals surface area contributed by atoms with E-state index < -0.39 is 52.7 Å². The number of fused-ring (bicyclic) bond motifs is 4. The smallest absolute Gasteiger partial charge is 0.550 e. The first-order valence-electron chi connectivity index (χ1n) is 12.0. The first kappa shape index (κ1) is 24.9. The van der Waals surface area contributed by atoms with Crippen LogP contribution < -0.4 is 0 Å². The Labute approximate surface area is 210 Å². The van der Waals surface area contributed by atoms with E-state index in [1.165, 1.54) is 32.0 Å². The monoisotopic (exact) mass is 548 g/mol. The Morgan fingerprint density at radius 1 is 0.789 bits per heavy atom. The third kappa shape index (κ3) is 3.27. The molecule has 202 valence electrons. The van der Waals surface area contributed by atoms with Gasteiger partial charge in [-0.3, -0.25) is 0 Å². The Morgan fingerprint density at radius 2 is 1.34 bits per heavy atom. The van der Waals surface area contributed by atoms with Crippen molar-refractivity contribution in [1.29, 1.82) is 0 Å². The topological polar surface area (TPSA) is 40.4 Å². The zero-order chi connectivity index (χ0) is 27.4. The second-order valence-electron chi connectivity index (χ2n) is 9.80. The van der Waals surface area contributed by atoms with Gasteiger partial charge in [-0.25, -0.2) is 0 Å². The summed E-state index contributed by atoms with van der Waals surface area (Å²) in [6.07, 6.45) is 1.77. The van der Waals surface area contributed by atoms with Gasteiger partial charge < -0.3 is 52.8 Å². The average molecular weight is 548 g/mol. The lowest BCUT2D eigenvalue weighted by molar-refractivity contribution is -1.01. The summed E-state index contributed by atoms with van der Waals surface area (Å²) in [6, 6.07) is 4.01. The summed E-state index contributed by atoms with van der Waals surface area (Å²) in [7, 11) is -9.67. The van der Waals surface area contributed by atoms with E-state index in [1.54, 1.807) is 0 Å². The number of hydrazone groups is 4. The van der Waals surface area contributed by atoms with Crippen molar-refractivity contribution in [2.45, 2.75) is 39.5 Å². The van der Waals surface area contributed by atoms with Gasteiger partial charge in [-0.15, -0.1) is 18.4 Å². The second kappa shape index (κ2) is 7.56. The average Bonchev–Trinajstić information content (AvgIpc) is 3.51. The molecule has 2 aromatic rings. The predicted octanol–water partition coefficient (Wildman–Crippen LogP) is 2.96. The molecule has 0 spiro atoms. The maximum Gasteiger partial charge on any atom is 0.890 e. The van der Waals surface area contributed by atoms with Crippen LogP contribution >= 0.6 is 0 Å². The molecule has 6 rings (SSSR count). The quantitative estimate of drug-likeness (QED) is 0.328. The summed E-state index contributed by atoms with van der Waals surface area (Å²) in [6.45, 7) is -6.46. The standard InChI is InChI=1S/C18H20B4F8N6O2/c1-13-10-14(2)34-16(13)12-33-22(29,30)38-18(36(33)20(34,25)26)8-4-3-7-17-35-19(23,24)31-9-5-6-15(31)11-32(35)21(27,28)37-17/h5-6,9-12H,3-4,7-8H2,1-2H3. The van der Waals surface area contributed by atoms with E-state index in [0.29, 0.717) is 14.5 Å². The van der Waals surface area contributed by atoms with E-state index in [0.717, 1.165) is 18.6 Å². The van der Waals surface area contributed by atoms with Gasteiger partial charge in [0.25, 0.3) is 0 Å². The Morgan fingerprint density at radius 3 is 1.95 bits per heavy atom. The van der Waals surface area contributed by atoms with Gasteiger partial charge in [0.05, 0.1) is 24.2 Å². The molecule has 4 aliphatic rings. The van der Waals surface area contributed by atoms with Crippen molar-refractivity contribution in [1.82, 2.24) is 8.96 Å². The maximum atomic E-state index is 15.5. The van der Waals surface area contributed by atoms with Gasteiger partial charge in [0.15, 0.2) is 12.4 Å². The molecular formula is C18H20B4F8N6O2. The minimum atomic E-state index is -4.84. The van der Waals surface area contributed by atoms with E-state index in [9.17, 15) is 17.3 Å². The highest BCUT2D eigenvalue weighted by atomic mass is 19.3. The van der Waals surface area contributed by atoms with Crippen molar-refractivity contribution in [3.63, 3.8) is 0 Å². The van der Waals surface area contributed by atoms with Crippen molar-refractivity contribution in [3.8, 4) is 0 Å². The van der Waals surface area contributed by atoms with Crippen LogP contribution in [0.4, 0.5) is 34.5 Å². The van der Waals surface area contributed by atoms with Crippen LogP contribution in [-0.4, -0.2) is 79.6 Å². The summed E-state index contributed by atoms with van der Waals surface area (Å²) in [4.78, 5) is 0. The number of hydrazine groups is 2. The molecule has 4 aliphatic heterocycles.